The largest absolute Gasteiger partial charge is 0.459 e. The highest BCUT2D eigenvalue weighted by atomic mass is 16.6. The van der Waals surface area contributed by atoms with Gasteiger partial charge in [-0.25, -0.2) is 4.79 Å². The van der Waals surface area contributed by atoms with Crippen LogP contribution in [0.3, 0.4) is 0 Å². The summed E-state index contributed by atoms with van der Waals surface area (Å²) in [4.78, 5) is 53.4. The number of aromatic amines is 1. The van der Waals surface area contributed by atoms with Crippen molar-refractivity contribution in [2.45, 2.75) is 71.3 Å². The van der Waals surface area contributed by atoms with Gasteiger partial charge in [0.2, 0.25) is 5.91 Å². The molecule has 1 aromatic heterocycles. The van der Waals surface area contributed by atoms with Crippen LogP contribution in [0.5, 0.6) is 0 Å². The van der Waals surface area contributed by atoms with E-state index in [0.717, 1.165) is 22.3 Å². The number of fused-ring (bicyclic) bond motifs is 3. The van der Waals surface area contributed by atoms with E-state index in [-0.39, 0.29) is 36.7 Å². The lowest BCUT2D eigenvalue weighted by Gasteiger charge is -2.23. The zero-order chi connectivity index (χ0) is 28.6. The Morgan fingerprint density at radius 1 is 1.05 bits per heavy atom. The second kappa shape index (κ2) is 10.9. The summed E-state index contributed by atoms with van der Waals surface area (Å²) in [6.45, 7) is 7.75. The molecule has 210 valence electrons. The first-order chi connectivity index (χ1) is 19.1. The van der Waals surface area contributed by atoms with Gasteiger partial charge in [-0.05, 0) is 34.1 Å². The van der Waals surface area contributed by atoms with Crippen molar-refractivity contribution in [1.29, 1.82) is 0 Å². The van der Waals surface area contributed by atoms with E-state index < -0.39 is 35.6 Å². The first-order valence-corrected chi connectivity index (χ1v) is 13.7. The molecule has 2 aliphatic rings. The van der Waals surface area contributed by atoms with Gasteiger partial charge in [-0.2, -0.15) is 0 Å². The van der Waals surface area contributed by atoms with Crippen LogP contribution in [0.25, 0.3) is 11.1 Å². The van der Waals surface area contributed by atoms with Crippen molar-refractivity contribution in [3.05, 3.63) is 92.3 Å². The predicted molar refractivity (Wildman–Crippen MR) is 150 cm³/mol. The second-order valence-electron chi connectivity index (χ2n) is 11.7. The molecule has 3 aromatic rings. The van der Waals surface area contributed by atoms with E-state index in [9.17, 15) is 19.2 Å². The Bertz CT molecular complexity index is 1500. The maximum atomic E-state index is 13.6. The van der Waals surface area contributed by atoms with Gasteiger partial charge < -0.3 is 14.8 Å². The molecule has 1 amide bonds. The lowest BCUT2D eigenvalue weighted by molar-refractivity contribution is -0.154. The average Bonchev–Trinajstić information content (AvgIpc) is 3.45. The van der Waals surface area contributed by atoms with Crippen molar-refractivity contribution in [1.82, 2.24) is 14.9 Å². The highest BCUT2D eigenvalue weighted by Crippen LogP contribution is 2.44. The Morgan fingerprint density at radius 3 is 2.27 bits per heavy atom. The lowest BCUT2D eigenvalue weighted by Crippen LogP contribution is -2.41. The Morgan fingerprint density at radius 2 is 1.68 bits per heavy atom. The van der Waals surface area contributed by atoms with Gasteiger partial charge in [-0.3, -0.25) is 23.9 Å². The van der Waals surface area contributed by atoms with Crippen LogP contribution in [0, 0.1) is 5.41 Å². The number of H-pyrrole nitrogens is 1. The number of amides is 1. The number of aromatic nitrogens is 2. The van der Waals surface area contributed by atoms with Gasteiger partial charge in [0.25, 0.3) is 5.56 Å². The van der Waals surface area contributed by atoms with E-state index in [2.05, 4.69) is 10.3 Å². The number of carbonyl (C=O) groups is 2. The smallest absolute Gasteiger partial charge is 0.330 e. The van der Waals surface area contributed by atoms with Crippen LogP contribution in [0.2, 0.25) is 0 Å². The Labute approximate surface area is 232 Å². The molecule has 5 rings (SSSR count). The Balaban J connectivity index is 1.37. The quantitative estimate of drug-likeness (QED) is 0.438. The summed E-state index contributed by atoms with van der Waals surface area (Å²) in [6.07, 6.45) is 0.212. The first kappa shape index (κ1) is 27.6. The van der Waals surface area contributed by atoms with E-state index in [1.165, 1.54) is 10.8 Å². The fourth-order valence-electron chi connectivity index (χ4n) is 5.56. The van der Waals surface area contributed by atoms with Crippen LogP contribution in [0.1, 0.15) is 69.4 Å². The number of rotatable bonds is 7. The second-order valence-corrected chi connectivity index (χ2v) is 11.7. The summed E-state index contributed by atoms with van der Waals surface area (Å²) < 4.78 is 13.4. The van der Waals surface area contributed by atoms with E-state index in [1.807, 2.05) is 76.2 Å². The number of hydrogen-bond acceptors (Lipinski definition) is 6. The molecule has 40 heavy (non-hydrogen) atoms. The molecule has 0 spiro atoms. The molecule has 9 heteroatoms. The molecule has 0 bridgehead atoms. The van der Waals surface area contributed by atoms with Gasteiger partial charge >= 0.3 is 11.7 Å². The maximum Gasteiger partial charge on any atom is 0.330 e. The summed E-state index contributed by atoms with van der Waals surface area (Å²) in [5, 5.41) is 3.02. The van der Waals surface area contributed by atoms with Gasteiger partial charge in [0, 0.05) is 24.7 Å². The highest BCUT2D eigenvalue weighted by Gasteiger charge is 2.41. The summed E-state index contributed by atoms with van der Waals surface area (Å²) in [7, 11) is 0. The van der Waals surface area contributed by atoms with Crippen molar-refractivity contribution >= 4 is 11.9 Å². The number of carbonyl (C=O) groups excluding carboxylic acids is 2. The molecular weight excluding hydrogens is 510 g/mol. The Hall–Kier alpha value is -3.98. The van der Waals surface area contributed by atoms with Crippen molar-refractivity contribution in [2.24, 2.45) is 5.41 Å². The zero-order valence-electron chi connectivity index (χ0n) is 23.2. The topological polar surface area (TPSA) is 119 Å². The zero-order valence-corrected chi connectivity index (χ0v) is 23.2. The summed E-state index contributed by atoms with van der Waals surface area (Å²) in [5.41, 5.74) is 3.08. The van der Waals surface area contributed by atoms with Crippen molar-refractivity contribution in [2.75, 3.05) is 6.54 Å². The molecule has 2 aromatic carbocycles. The molecule has 2 heterocycles. The number of nitrogens with zero attached hydrogens (tertiary/aromatic N) is 1. The molecule has 1 saturated heterocycles. The molecule has 9 nitrogen and oxygen atoms in total. The monoisotopic (exact) mass is 545 g/mol. The summed E-state index contributed by atoms with van der Waals surface area (Å²) in [5.74, 6) is -1.03. The third kappa shape index (κ3) is 5.51. The third-order valence-corrected chi connectivity index (χ3v) is 7.44. The van der Waals surface area contributed by atoms with Crippen LogP contribution in [-0.2, 0) is 25.5 Å². The average molecular weight is 546 g/mol. The van der Waals surface area contributed by atoms with Gasteiger partial charge in [0.15, 0.2) is 0 Å². The van der Waals surface area contributed by atoms with E-state index in [4.69, 9.17) is 9.47 Å². The third-order valence-electron chi connectivity index (χ3n) is 7.44. The molecule has 0 radical (unpaired) electrons. The minimum atomic E-state index is -0.767. The number of hydrogen-bond donors (Lipinski definition) is 2. The normalized spacial score (nSPS) is 20.1. The molecule has 2 N–H and O–H groups in total. The molecule has 1 fully saturated rings. The minimum absolute atomic E-state index is 0.0857. The van der Waals surface area contributed by atoms with Crippen molar-refractivity contribution in [3.8, 4) is 11.1 Å². The number of ether oxygens (including phenoxy) is 2. The van der Waals surface area contributed by atoms with Gasteiger partial charge in [0.1, 0.15) is 18.4 Å². The van der Waals surface area contributed by atoms with E-state index in [0.29, 0.717) is 12.0 Å². The van der Waals surface area contributed by atoms with Crippen LogP contribution in [0.15, 0.2) is 64.3 Å². The SMILES string of the molecule is CCc1cn([C@H]2C[C@H](OC(=O)CC(C)(C)C)[C@@H](CNC(=O)C3c4ccccc4-c4ccccc43)O2)c(=O)[nH]c1=O. The van der Waals surface area contributed by atoms with Crippen LogP contribution in [-0.4, -0.2) is 40.2 Å². The molecule has 0 unspecified atom stereocenters. The highest BCUT2D eigenvalue weighted by molar-refractivity contribution is 5.96. The number of esters is 1. The minimum Gasteiger partial charge on any atom is -0.459 e. The van der Waals surface area contributed by atoms with E-state index in [1.54, 1.807) is 0 Å². The van der Waals surface area contributed by atoms with Crippen molar-refractivity contribution < 1.29 is 19.1 Å². The molecule has 0 saturated carbocycles. The van der Waals surface area contributed by atoms with Gasteiger partial charge in [0.05, 0.1) is 12.3 Å². The van der Waals surface area contributed by atoms with Crippen LogP contribution in [0.4, 0.5) is 0 Å². The number of nitrogens with one attached hydrogen (secondary N) is 2. The van der Waals surface area contributed by atoms with Crippen LogP contribution >= 0.6 is 0 Å². The fraction of sp³-hybridized carbons (Fsp3) is 0.419. The van der Waals surface area contributed by atoms with Crippen LogP contribution < -0.4 is 16.6 Å². The lowest BCUT2D eigenvalue weighted by atomic mass is 9.92. The van der Waals surface area contributed by atoms with E-state index >= 15 is 0 Å². The number of benzene rings is 2. The standard InChI is InChI=1S/C31H35N3O6/c1-5-18-17-34(30(38)33-28(18)36)25-14-23(40-26(35)15-31(2,3)4)24(39-25)16-32-29(37)27-21-12-8-6-10-19(21)20-11-7-9-13-22(20)27/h6-13,17,23-25,27H,5,14-16H2,1-4H3,(H,32,37)(H,33,36,38)/t23-,24+,25+/m0/s1. The molecule has 1 aliphatic heterocycles. The van der Waals surface area contributed by atoms with Gasteiger partial charge in [-0.15, -0.1) is 0 Å². The van der Waals surface area contributed by atoms with Crippen molar-refractivity contribution in [3.63, 3.8) is 0 Å². The Kier molecular flexibility index (Phi) is 7.51. The van der Waals surface area contributed by atoms with Gasteiger partial charge in [-0.1, -0.05) is 76.2 Å². The summed E-state index contributed by atoms with van der Waals surface area (Å²) in [6, 6.07) is 15.7. The first-order valence-electron chi connectivity index (χ1n) is 13.7. The maximum absolute atomic E-state index is 13.6. The molecular formula is C31H35N3O6. The molecule has 1 aliphatic carbocycles. The summed E-state index contributed by atoms with van der Waals surface area (Å²) >= 11 is 0. The molecule has 3 atom stereocenters. The predicted octanol–water partition coefficient (Wildman–Crippen LogP) is 3.66. The number of aryl methyl sites for hydroxylation is 1. The fourth-order valence-corrected chi connectivity index (χ4v) is 5.56.